The van der Waals surface area contributed by atoms with Gasteiger partial charge in [-0.05, 0) is 17.9 Å². The lowest BCUT2D eigenvalue weighted by Gasteiger charge is -2.08. The van der Waals surface area contributed by atoms with E-state index in [4.69, 9.17) is 9.84 Å². The maximum Gasteiger partial charge on any atom is 0.377 e. The highest BCUT2D eigenvalue weighted by molar-refractivity contribution is 7.99. The van der Waals surface area contributed by atoms with E-state index in [1.807, 2.05) is 0 Å². The molecule has 2 N–H and O–H groups in total. The number of carbonyl (C=O) groups excluding carboxylic acids is 1. The second kappa shape index (κ2) is 6.68. The molecule has 1 aliphatic heterocycles. The van der Waals surface area contributed by atoms with Gasteiger partial charge in [-0.25, -0.2) is 4.79 Å². The summed E-state index contributed by atoms with van der Waals surface area (Å²) in [5.74, 6) is 0.128. The van der Waals surface area contributed by atoms with Gasteiger partial charge in [0.15, 0.2) is 11.9 Å². The van der Waals surface area contributed by atoms with Crippen LogP contribution in [0.5, 0.6) is 0 Å². The topological polar surface area (TPSA) is 66.8 Å². The van der Waals surface area contributed by atoms with Gasteiger partial charge in [0.1, 0.15) is 0 Å². The summed E-state index contributed by atoms with van der Waals surface area (Å²) in [5, 5.41) is 18.4. The fraction of sp³-hybridized carbons (Fsp3) is 0.727. The average molecular weight is 246 g/mol. The van der Waals surface area contributed by atoms with Crippen molar-refractivity contribution < 1.29 is 19.7 Å². The van der Waals surface area contributed by atoms with Gasteiger partial charge in [-0.3, -0.25) is 0 Å². The third kappa shape index (κ3) is 3.63. The van der Waals surface area contributed by atoms with Crippen LogP contribution in [0.25, 0.3) is 0 Å². The standard InChI is InChI=1S/C11H18O4S/c1-2-3-4-6-16-7-5-8-9(12)10(13)11(14)15-8/h8,12-13H,2-7H2,1H3. The van der Waals surface area contributed by atoms with Crippen LogP contribution in [0.15, 0.2) is 11.5 Å². The second-order valence-corrected chi connectivity index (χ2v) is 4.96. The van der Waals surface area contributed by atoms with Crippen molar-refractivity contribution in [3.8, 4) is 0 Å². The van der Waals surface area contributed by atoms with Crippen LogP contribution in [0.1, 0.15) is 32.6 Å². The first-order chi connectivity index (χ1) is 7.66. The number of esters is 1. The molecule has 0 aromatic carbocycles. The van der Waals surface area contributed by atoms with Crippen LogP contribution in [-0.2, 0) is 9.53 Å². The van der Waals surface area contributed by atoms with Gasteiger partial charge < -0.3 is 14.9 Å². The van der Waals surface area contributed by atoms with E-state index in [1.165, 1.54) is 19.3 Å². The van der Waals surface area contributed by atoms with Gasteiger partial charge >= 0.3 is 5.97 Å². The number of ether oxygens (including phenoxy) is 1. The molecular weight excluding hydrogens is 228 g/mol. The van der Waals surface area contributed by atoms with Crippen LogP contribution in [0.2, 0.25) is 0 Å². The smallest absolute Gasteiger partial charge is 0.377 e. The Kier molecular flexibility index (Phi) is 5.52. The maximum absolute atomic E-state index is 10.9. The number of cyclic esters (lactones) is 1. The van der Waals surface area contributed by atoms with Gasteiger partial charge in [0, 0.05) is 6.42 Å². The first-order valence-corrected chi connectivity index (χ1v) is 6.73. The lowest BCUT2D eigenvalue weighted by atomic mass is 10.2. The minimum absolute atomic E-state index is 0.320. The van der Waals surface area contributed by atoms with Gasteiger partial charge in [-0.2, -0.15) is 11.8 Å². The highest BCUT2D eigenvalue weighted by Gasteiger charge is 2.33. The number of aliphatic hydroxyl groups excluding tert-OH is 2. The van der Waals surface area contributed by atoms with Crippen molar-refractivity contribution in [2.24, 2.45) is 0 Å². The van der Waals surface area contributed by atoms with E-state index < -0.39 is 17.8 Å². The molecule has 0 spiro atoms. The Bertz CT molecular complexity index is 275. The quantitative estimate of drug-likeness (QED) is 0.534. The molecule has 1 aliphatic rings. The maximum atomic E-state index is 10.9. The number of hydrogen-bond donors (Lipinski definition) is 2. The monoisotopic (exact) mass is 246 g/mol. The molecule has 0 saturated carbocycles. The minimum atomic E-state index is -0.821. The summed E-state index contributed by atoms with van der Waals surface area (Å²) in [4.78, 5) is 10.9. The summed E-state index contributed by atoms with van der Waals surface area (Å²) >= 11 is 1.78. The van der Waals surface area contributed by atoms with Crippen molar-refractivity contribution in [1.29, 1.82) is 0 Å². The normalized spacial score (nSPS) is 20.3. The van der Waals surface area contributed by atoms with Gasteiger partial charge in [0.05, 0.1) is 0 Å². The minimum Gasteiger partial charge on any atom is -0.505 e. The highest BCUT2D eigenvalue weighted by Crippen LogP contribution is 2.22. The van der Waals surface area contributed by atoms with Crippen LogP contribution >= 0.6 is 11.8 Å². The Balaban J connectivity index is 2.13. The molecule has 0 aromatic rings. The fourth-order valence-corrected chi connectivity index (χ4v) is 2.43. The van der Waals surface area contributed by atoms with Crippen LogP contribution in [-0.4, -0.2) is 33.8 Å². The highest BCUT2D eigenvalue weighted by atomic mass is 32.2. The zero-order valence-electron chi connectivity index (χ0n) is 9.44. The molecule has 5 heteroatoms. The summed E-state index contributed by atoms with van der Waals surface area (Å²) in [6, 6.07) is 0. The number of carbonyl (C=O) groups is 1. The molecule has 4 nitrogen and oxygen atoms in total. The van der Waals surface area contributed by atoms with E-state index in [9.17, 15) is 9.90 Å². The SMILES string of the molecule is CCCCCSCCC1OC(=O)C(O)=C1O. The van der Waals surface area contributed by atoms with Gasteiger partial charge in [-0.1, -0.05) is 19.8 Å². The van der Waals surface area contributed by atoms with Crippen molar-refractivity contribution in [1.82, 2.24) is 0 Å². The molecule has 0 aliphatic carbocycles. The molecule has 92 valence electrons. The van der Waals surface area contributed by atoms with Crippen molar-refractivity contribution >= 4 is 17.7 Å². The Morgan fingerprint density at radius 2 is 2.06 bits per heavy atom. The van der Waals surface area contributed by atoms with E-state index in [2.05, 4.69) is 6.92 Å². The third-order valence-electron chi connectivity index (χ3n) is 2.41. The van der Waals surface area contributed by atoms with Gasteiger partial charge in [0.2, 0.25) is 5.76 Å². The summed E-state index contributed by atoms with van der Waals surface area (Å²) in [5.41, 5.74) is 0. The van der Waals surface area contributed by atoms with Crippen molar-refractivity contribution in [3.05, 3.63) is 11.5 Å². The molecule has 0 bridgehead atoms. The van der Waals surface area contributed by atoms with E-state index in [0.29, 0.717) is 6.42 Å². The Labute approximate surface area is 99.7 Å². The molecule has 1 rings (SSSR count). The van der Waals surface area contributed by atoms with Crippen molar-refractivity contribution in [3.63, 3.8) is 0 Å². The summed E-state index contributed by atoms with van der Waals surface area (Å²) in [7, 11) is 0. The predicted molar refractivity (Wildman–Crippen MR) is 63.6 cm³/mol. The molecule has 0 amide bonds. The molecule has 0 saturated heterocycles. The molecule has 0 fully saturated rings. The Hall–Kier alpha value is -0.840. The molecule has 1 atom stereocenters. The molecule has 0 aromatic heterocycles. The zero-order valence-corrected chi connectivity index (χ0v) is 10.3. The molecule has 1 heterocycles. The van der Waals surface area contributed by atoms with Crippen LogP contribution < -0.4 is 0 Å². The summed E-state index contributed by atoms with van der Waals surface area (Å²) in [6.07, 6.45) is 3.54. The second-order valence-electron chi connectivity index (χ2n) is 3.74. The first-order valence-electron chi connectivity index (χ1n) is 5.57. The summed E-state index contributed by atoms with van der Waals surface area (Å²) < 4.78 is 4.79. The molecular formula is C11H18O4S. The number of hydrogen-bond acceptors (Lipinski definition) is 5. The van der Waals surface area contributed by atoms with Gasteiger partial charge in [-0.15, -0.1) is 0 Å². The van der Waals surface area contributed by atoms with E-state index in [1.54, 1.807) is 11.8 Å². The molecule has 0 radical (unpaired) electrons. The first kappa shape index (κ1) is 13.2. The number of aliphatic hydroxyl groups is 2. The largest absolute Gasteiger partial charge is 0.505 e. The van der Waals surface area contributed by atoms with Crippen molar-refractivity contribution in [2.45, 2.75) is 38.7 Å². The summed E-state index contributed by atoms with van der Waals surface area (Å²) in [6.45, 7) is 2.16. The van der Waals surface area contributed by atoms with Crippen LogP contribution in [0.3, 0.4) is 0 Å². The Morgan fingerprint density at radius 1 is 1.31 bits per heavy atom. The fourth-order valence-electron chi connectivity index (χ4n) is 1.44. The number of thioether (sulfide) groups is 1. The van der Waals surface area contributed by atoms with Gasteiger partial charge in [0.25, 0.3) is 0 Å². The van der Waals surface area contributed by atoms with E-state index >= 15 is 0 Å². The van der Waals surface area contributed by atoms with E-state index in [-0.39, 0.29) is 5.76 Å². The zero-order chi connectivity index (χ0) is 12.0. The van der Waals surface area contributed by atoms with Crippen molar-refractivity contribution in [2.75, 3.05) is 11.5 Å². The number of unbranched alkanes of at least 4 members (excludes halogenated alkanes) is 2. The predicted octanol–water partition coefficient (Wildman–Crippen LogP) is 2.55. The van der Waals surface area contributed by atoms with Crippen LogP contribution in [0.4, 0.5) is 0 Å². The number of rotatable bonds is 7. The molecule has 1 unspecified atom stereocenters. The van der Waals surface area contributed by atoms with E-state index in [0.717, 1.165) is 11.5 Å². The average Bonchev–Trinajstić information content (AvgIpc) is 2.51. The molecule has 16 heavy (non-hydrogen) atoms. The third-order valence-corrected chi connectivity index (χ3v) is 3.51. The Morgan fingerprint density at radius 3 is 2.62 bits per heavy atom. The lowest BCUT2D eigenvalue weighted by Crippen LogP contribution is -2.12. The van der Waals surface area contributed by atoms with Crippen LogP contribution in [0, 0.1) is 0 Å². The lowest BCUT2D eigenvalue weighted by molar-refractivity contribution is -0.142.